The van der Waals surface area contributed by atoms with Crippen molar-refractivity contribution >= 4 is 23.2 Å². The standard InChI is InChI=1S/C18H17N3O2S/c1-11-2-3-16-14(6-11)17(22)13(10-23-16)9-21-5-4-15-12(8-21)7-19-18(24)20-15/h2-3,6-7,10H,4-5,8-9H2,1H3,(H,19,20,24). The fourth-order valence-corrected chi connectivity index (χ4v) is 3.35. The largest absolute Gasteiger partial charge is 0.464 e. The van der Waals surface area contributed by atoms with Gasteiger partial charge in [-0.05, 0) is 31.3 Å². The van der Waals surface area contributed by atoms with Gasteiger partial charge in [-0.25, -0.2) is 4.98 Å². The maximum absolute atomic E-state index is 12.7. The Morgan fingerprint density at radius 2 is 2.29 bits per heavy atom. The Morgan fingerprint density at radius 3 is 3.17 bits per heavy atom. The average molecular weight is 339 g/mol. The van der Waals surface area contributed by atoms with Gasteiger partial charge in [-0.3, -0.25) is 9.69 Å². The molecule has 0 radical (unpaired) electrons. The third kappa shape index (κ3) is 2.79. The molecule has 0 amide bonds. The molecule has 24 heavy (non-hydrogen) atoms. The highest BCUT2D eigenvalue weighted by Crippen LogP contribution is 2.19. The molecule has 0 unspecified atom stereocenters. The van der Waals surface area contributed by atoms with Crippen LogP contribution in [0.1, 0.15) is 22.4 Å². The van der Waals surface area contributed by atoms with Crippen molar-refractivity contribution in [1.82, 2.24) is 14.9 Å². The number of nitrogens with one attached hydrogen (secondary N) is 1. The Balaban J connectivity index is 1.63. The average Bonchev–Trinajstić information content (AvgIpc) is 2.58. The number of nitrogens with zero attached hydrogens (tertiary/aromatic N) is 2. The number of hydrogen-bond acceptors (Lipinski definition) is 5. The normalized spacial score (nSPS) is 14.7. The maximum Gasteiger partial charge on any atom is 0.197 e. The van der Waals surface area contributed by atoms with E-state index in [1.165, 1.54) is 0 Å². The molecule has 0 spiro atoms. The lowest BCUT2D eigenvalue weighted by Crippen LogP contribution is -2.32. The molecule has 2 aromatic heterocycles. The number of aryl methyl sites for hydroxylation is 1. The topological polar surface area (TPSA) is 62.1 Å². The van der Waals surface area contributed by atoms with Crippen molar-refractivity contribution in [2.45, 2.75) is 26.4 Å². The van der Waals surface area contributed by atoms with E-state index >= 15 is 0 Å². The van der Waals surface area contributed by atoms with Crippen LogP contribution >= 0.6 is 12.2 Å². The lowest BCUT2D eigenvalue weighted by Gasteiger charge is -2.27. The molecule has 1 aromatic carbocycles. The van der Waals surface area contributed by atoms with E-state index in [-0.39, 0.29) is 5.43 Å². The monoisotopic (exact) mass is 339 g/mol. The fourth-order valence-electron chi connectivity index (χ4n) is 3.18. The second kappa shape index (κ2) is 5.96. The summed E-state index contributed by atoms with van der Waals surface area (Å²) in [6.45, 7) is 4.17. The van der Waals surface area contributed by atoms with E-state index in [4.69, 9.17) is 16.6 Å². The third-order valence-electron chi connectivity index (χ3n) is 4.45. The molecule has 5 nitrogen and oxygen atoms in total. The summed E-state index contributed by atoms with van der Waals surface area (Å²) in [5.74, 6) is 0. The molecule has 4 rings (SSSR count). The van der Waals surface area contributed by atoms with E-state index in [0.29, 0.717) is 27.8 Å². The quantitative estimate of drug-likeness (QED) is 0.727. The van der Waals surface area contributed by atoms with Crippen molar-refractivity contribution in [2.75, 3.05) is 6.54 Å². The molecular weight excluding hydrogens is 322 g/mol. The summed E-state index contributed by atoms with van der Waals surface area (Å²) in [6, 6.07) is 5.68. The van der Waals surface area contributed by atoms with Crippen LogP contribution in [0.5, 0.6) is 0 Å². The Morgan fingerprint density at radius 1 is 1.42 bits per heavy atom. The van der Waals surface area contributed by atoms with Gasteiger partial charge in [0.05, 0.1) is 11.6 Å². The van der Waals surface area contributed by atoms with Gasteiger partial charge in [0.15, 0.2) is 10.2 Å². The first-order valence-corrected chi connectivity index (χ1v) is 8.31. The lowest BCUT2D eigenvalue weighted by atomic mass is 10.1. The van der Waals surface area contributed by atoms with Crippen molar-refractivity contribution < 1.29 is 4.42 Å². The molecule has 1 aliphatic rings. The van der Waals surface area contributed by atoms with Crippen LogP contribution in [0, 0.1) is 11.7 Å². The van der Waals surface area contributed by atoms with Gasteiger partial charge in [-0.1, -0.05) is 11.6 Å². The van der Waals surface area contributed by atoms with E-state index in [9.17, 15) is 4.79 Å². The van der Waals surface area contributed by atoms with Crippen LogP contribution in [-0.4, -0.2) is 21.4 Å². The van der Waals surface area contributed by atoms with Crippen molar-refractivity contribution in [3.8, 4) is 0 Å². The zero-order valence-electron chi connectivity index (χ0n) is 13.3. The SMILES string of the molecule is Cc1ccc2occ(CN3CCc4[nH]c(=S)ncc4C3)c(=O)c2c1. The van der Waals surface area contributed by atoms with Crippen LogP contribution in [0.25, 0.3) is 11.0 Å². The second-order valence-electron chi connectivity index (χ2n) is 6.24. The summed E-state index contributed by atoms with van der Waals surface area (Å²) in [6.07, 6.45) is 4.29. The highest BCUT2D eigenvalue weighted by atomic mass is 32.1. The lowest BCUT2D eigenvalue weighted by molar-refractivity contribution is 0.240. The highest BCUT2D eigenvalue weighted by Gasteiger charge is 2.19. The van der Waals surface area contributed by atoms with E-state index in [1.807, 2.05) is 31.3 Å². The van der Waals surface area contributed by atoms with Crippen LogP contribution < -0.4 is 5.43 Å². The minimum Gasteiger partial charge on any atom is -0.464 e. The summed E-state index contributed by atoms with van der Waals surface area (Å²) in [5, 5.41) is 0.649. The second-order valence-corrected chi connectivity index (χ2v) is 6.63. The molecule has 0 saturated carbocycles. The molecule has 0 bridgehead atoms. The number of H-pyrrole nitrogens is 1. The van der Waals surface area contributed by atoms with Gasteiger partial charge in [0.1, 0.15) is 5.58 Å². The Bertz CT molecular complexity index is 1040. The van der Waals surface area contributed by atoms with Gasteiger partial charge in [-0.15, -0.1) is 0 Å². The van der Waals surface area contributed by atoms with Crippen molar-refractivity contribution in [1.29, 1.82) is 0 Å². The van der Waals surface area contributed by atoms with Crippen LogP contribution in [-0.2, 0) is 19.5 Å². The van der Waals surface area contributed by atoms with Gasteiger partial charge in [0.25, 0.3) is 0 Å². The van der Waals surface area contributed by atoms with E-state index in [2.05, 4.69) is 14.9 Å². The van der Waals surface area contributed by atoms with Gasteiger partial charge in [-0.2, -0.15) is 0 Å². The summed E-state index contributed by atoms with van der Waals surface area (Å²) >= 11 is 5.07. The summed E-state index contributed by atoms with van der Waals surface area (Å²) in [4.78, 5) is 22.3. The molecule has 0 aliphatic carbocycles. The third-order valence-corrected chi connectivity index (χ3v) is 4.66. The molecule has 122 valence electrons. The minimum absolute atomic E-state index is 0.0522. The number of hydrogen-bond donors (Lipinski definition) is 1. The molecule has 6 heteroatoms. The van der Waals surface area contributed by atoms with Crippen molar-refractivity contribution in [3.05, 3.63) is 68.0 Å². The van der Waals surface area contributed by atoms with Crippen LogP contribution in [0.4, 0.5) is 0 Å². The number of rotatable bonds is 2. The van der Waals surface area contributed by atoms with Crippen LogP contribution in [0.2, 0.25) is 0 Å². The van der Waals surface area contributed by atoms with E-state index in [1.54, 1.807) is 6.26 Å². The Labute approximate surface area is 144 Å². The van der Waals surface area contributed by atoms with Crippen molar-refractivity contribution in [2.24, 2.45) is 0 Å². The minimum atomic E-state index is 0.0522. The molecule has 0 fully saturated rings. The molecule has 1 aliphatic heterocycles. The zero-order chi connectivity index (χ0) is 16.7. The zero-order valence-corrected chi connectivity index (χ0v) is 14.2. The number of fused-ring (bicyclic) bond motifs is 2. The molecule has 0 atom stereocenters. The van der Waals surface area contributed by atoms with Crippen molar-refractivity contribution in [3.63, 3.8) is 0 Å². The number of aromatic amines is 1. The molecule has 3 heterocycles. The Hall–Kier alpha value is -2.31. The smallest absolute Gasteiger partial charge is 0.197 e. The van der Waals surface area contributed by atoms with Gasteiger partial charge < -0.3 is 9.40 Å². The maximum atomic E-state index is 12.7. The number of aromatic nitrogens is 2. The van der Waals surface area contributed by atoms with Gasteiger partial charge >= 0.3 is 0 Å². The fraction of sp³-hybridized carbons (Fsp3) is 0.278. The first-order chi connectivity index (χ1) is 11.6. The first kappa shape index (κ1) is 15.2. The van der Waals surface area contributed by atoms with Gasteiger partial charge in [0, 0.05) is 49.1 Å². The molecular formula is C18H17N3O2S. The van der Waals surface area contributed by atoms with Gasteiger partial charge in [0.2, 0.25) is 0 Å². The van der Waals surface area contributed by atoms with E-state index < -0.39 is 0 Å². The first-order valence-electron chi connectivity index (χ1n) is 7.90. The van der Waals surface area contributed by atoms with E-state index in [0.717, 1.165) is 36.3 Å². The summed E-state index contributed by atoms with van der Waals surface area (Å²) in [5.41, 5.74) is 4.71. The highest BCUT2D eigenvalue weighted by molar-refractivity contribution is 7.71. The predicted octanol–water partition coefficient (Wildman–Crippen LogP) is 3.11. The predicted molar refractivity (Wildman–Crippen MR) is 94.5 cm³/mol. The number of benzene rings is 1. The summed E-state index contributed by atoms with van der Waals surface area (Å²) in [7, 11) is 0. The molecule has 0 saturated heterocycles. The summed E-state index contributed by atoms with van der Waals surface area (Å²) < 4.78 is 6.17. The van der Waals surface area contributed by atoms with Crippen LogP contribution in [0.15, 0.2) is 39.9 Å². The Kier molecular flexibility index (Phi) is 3.78. The van der Waals surface area contributed by atoms with Crippen LogP contribution in [0.3, 0.4) is 0 Å². The molecule has 1 N–H and O–H groups in total. The molecule has 3 aromatic rings.